The third-order valence-corrected chi connectivity index (χ3v) is 3.21. The molecule has 1 aliphatic carbocycles. The molecule has 0 atom stereocenters. The molecule has 0 radical (unpaired) electrons. The lowest BCUT2D eigenvalue weighted by molar-refractivity contribution is -0.140. The fourth-order valence-electron chi connectivity index (χ4n) is 2.17. The lowest BCUT2D eigenvalue weighted by Gasteiger charge is -2.22. The summed E-state index contributed by atoms with van der Waals surface area (Å²) in [5.41, 5.74) is 0. The normalized spacial score (nSPS) is 15.3. The molecule has 1 saturated carbocycles. The first-order chi connectivity index (χ1) is 10.6. The molecule has 1 fully saturated rings. The summed E-state index contributed by atoms with van der Waals surface area (Å²) < 4.78 is 9.46. The molecule has 7 nitrogen and oxygen atoms in total. The van der Waals surface area contributed by atoms with Crippen molar-refractivity contribution >= 4 is 18.0 Å². The highest BCUT2D eigenvalue weighted by Gasteiger charge is 2.15. The quantitative estimate of drug-likeness (QED) is 0.419. The highest BCUT2D eigenvalue weighted by atomic mass is 16.5. The van der Waals surface area contributed by atoms with Crippen LogP contribution in [0, 0.1) is 0 Å². The molecule has 0 aliphatic heterocycles. The van der Waals surface area contributed by atoms with Gasteiger partial charge in [-0.3, -0.25) is 0 Å². The van der Waals surface area contributed by atoms with Crippen LogP contribution in [0.4, 0.5) is 4.79 Å². The van der Waals surface area contributed by atoms with Gasteiger partial charge < -0.3 is 20.1 Å². The average Bonchev–Trinajstić information content (AvgIpc) is 2.51. The number of ether oxygens (including phenoxy) is 2. The zero-order valence-electron chi connectivity index (χ0n) is 12.9. The molecule has 0 spiro atoms. The predicted octanol–water partition coefficient (Wildman–Crippen LogP) is 1.28. The van der Waals surface area contributed by atoms with Gasteiger partial charge in [-0.25, -0.2) is 14.4 Å². The van der Waals surface area contributed by atoms with Crippen LogP contribution in [-0.2, 0) is 19.1 Å². The summed E-state index contributed by atoms with van der Waals surface area (Å²) in [6.07, 6.45) is 7.57. The molecule has 2 N–H and O–H groups in total. The van der Waals surface area contributed by atoms with Gasteiger partial charge in [0.1, 0.15) is 6.61 Å². The van der Waals surface area contributed by atoms with Gasteiger partial charge in [0, 0.05) is 18.2 Å². The van der Waals surface area contributed by atoms with Crippen LogP contribution < -0.4 is 10.6 Å². The van der Waals surface area contributed by atoms with E-state index in [4.69, 9.17) is 4.74 Å². The summed E-state index contributed by atoms with van der Waals surface area (Å²) in [4.78, 5) is 33.8. The number of urea groups is 1. The summed E-state index contributed by atoms with van der Waals surface area (Å²) in [7, 11) is 0. The van der Waals surface area contributed by atoms with Crippen molar-refractivity contribution < 1.29 is 23.9 Å². The molecule has 0 aromatic heterocycles. The number of carbonyl (C=O) groups excluding carboxylic acids is 3. The van der Waals surface area contributed by atoms with Crippen molar-refractivity contribution in [3.8, 4) is 0 Å². The Hall–Kier alpha value is -2.05. The zero-order chi connectivity index (χ0) is 16.2. The highest BCUT2D eigenvalue weighted by Crippen LogP contribution is 2.16. The second-order valence-corrected chi connectivity index (χ2v) is 4.99. The molecule has 0 bridgehead atoms. The topological polar surface area (TPSA) is 93.7 Å². The van der Waals surface area contributed by atoms with E-state index < -0.39 is 11.9 Å². The van der Waals surface area contributed by atoms with Gasteiger partial charge in [0.2, 0.25) is 0 Å². The third-order valence-electron chi connectivity index (χ3n) is 3.21. The highest BCUT2D eigenvalue weighted by molar-refractivity contribution is 5.91. The van der Waals surface area contributed by atoms with Gasteiger partial charge in [0.25, 0.3) is 0 Å². The minimum atomic E-state index is -0.650. The molecule has 1 rings (SSSR count). The second-order valence-electron chi connectivity index (χ2n) is 4.99. The number of rotatable bonds is 7. The molecule has 7 heteroatoms. The summed E-state index contributed by atoms with van der Waals surface area (Å²) in [6, 6.07) is -0.00572. The molecule has 0 aromatic rings. The molecular formula is C15H24N2O5. The van der Waals surface area contributed by atoms with Crippen LogP contribution in [0.25, 0.3) is 0 Å². The Kier molecular flexibility index (Phi) is 8.71. The first-order valence-electron chi connectivity index (χ1n) is 7.67. The second kappa shape index (κ2) is 10.6. The molecule has 2 amide bonds. The number of nitrogens with one attached hydrogen (secondary N) is 2. The number of esters is 2. The summed E-state index contributed by atoms with van der Waals surface area (Å²) in [5.74, 6) is -1.24. The minimum Gasteiger partial charge on any atom is -0.463 e. The van der Waals surface area contributed by atoms with E-state index in [0.29, 0.717) is 0 Å². The Bertz CT molecular complexity index is 403. The largest absolute Gasteiger partial charge is 0.463 e. The first kappa shape index (κ1) is 18.0. The van der Waals surface area contributed by atoms with Crippen LogP contribution in [0.1, 0.15) is 39.0 Å². The van der Waals surface area contributed by atoms with E-state index in [2.05, 4.69) is 15.4 Å². The summed E-state index contributed by atoms with van der Waals surface area (Å²) >= 11 is 0. The van der Waals surface area contributed by atoms with Crippen LogP contribution in [0.3, 0.4) is 0 Å². The third kappa shape index (κ3) is 8.28. The van der Waals surface area contributed by atoms with Gasteiger partial charge in [-0.2, -0.15) is 0 Å². The predicted molar refractivity (Wildman–Crippen MR) is 80.1 cm³/mol. The lowest BCUT2D eigenvalue weighted by Crippen LogP contribution is -2.43. The molecular weight excluding hydrogens is 288 g/mol. The average molecular weight is 312 g/mol. The number of hydrogen-bond acceptors (Lipinski definition) is 5. The van der Waals surface area contributed by atoms with Crippen molar-refractivity contribution in [2.75, 3.05) is 19.8 Å². The smallest absolute Gasteiger partial charge is 0.331 e. The Morgan fingerprint density at radius 1 is 1.05 bits per heavy atom. The van der Waals surface area contributed by atoms with Crippen LogP contribution in [0.2, 0.25) is 0 Å². The van der Waals surface area contributed by atoms with Crippen molar-refractivity contribution in [3.05, 3.63) is 12.2 Å². The number of amides is 2. The Morgan fingerprint density at radius 2 is 1.68 bits per heavy atom. The van der Waals surface area contributed by atoms with Gasteiger partial charge >= 0.3 is 18.0 Å². The maximum atomic E-state index is 11.6. The van der Waals surface area contributed by atoms with E-state index in [1.54, 1.807) is 6.92 Å². The minimum absolute atomic E-state index is 0.0457. The van der Waals surface area contributed by atoms with Gasteiger partial charge in [-0.1, -0.05) is 19.3 Å². The fraction of sp³-hybridized carbons (Fsp3) is 0.667. The van der Waals surface area contributed by atoms with Crippen molar-refractivity contribution in [2.24, 2.45) is 0 Å². The first-order valence-corrected chi connectivity index (χ1v) is 7.67. The van der Waals surface area contributed by atoms with Crippen molar-refractivity contribution in [1.82, 2.24) is 10.6 Å². The van der Waals surface area contributed by atoms with Crippen LogP contribution in [0.5, 0.6) is 0 Å². The van der Waals surface area contributed by atoms with Gasteiger partial charge in [0.05, 0.1) is 13.2 Å². The molecule has 124 valence electrons. The van der Waals surface area contributed by atoms with E-state index in [1.807, 2.05) is 0 Å². The van der Waals surface area contributed by atoms with Crippen LogP contribution in [0.15, 0.2) is 12.2 Å². The lowest BCUT2D eigenvalue weighted by atomic mass is 9.96. The van der Waals surface area contributed by atoms with Gasteiger partial charge in [-0.05, 0) is 19.8 Å². The fourth-order valence-corrected chi connectivity index (χ4v) is 2.17. The van der Waals surface area contributed by atoms with Crippen molar-refractivity contribution in [3.63, 3.8) is 0 Å². The molecule has 22 heavy (non-hydrogen) atoms. The number of hydrogen-bond donors (Lipinski definition) is 2. The Labute approximate surface area is 130 Å². The summed E-state index contributed by atoms with van der Waals surface area (Å²) in [5, 5.41) is 5.52. The van der Waals surface area contributed by atoms with Gasteiger partial charge in [-0.15, -0.1) is 0 Å². The summed E-state index contributed by atoms with van der Waals surface area (Å²) in [6.45, 7) is 2.19. The molecule has 0 unspecified atom stereocenters. The van der Waals surface area contributed by atoms with E-state index >= 15 is 0 Å². The number of carbonyl (C=O) groups is 3. The molecule has 1 aliphatic rings. The SMILES string of the molecule is CCOC(=O)/C=C/C(=O)OCCNC(=O)NC1CCCCC1. The Morgan fingerprint density at radius 3 is 2.32 bits per heavy atom. The molecule has 0 heterocycles. The Balaban J connectivity index is 2.07. The van der Waals surface area contributed by atoms with Crippen LogP contribution in [-0.4, -0.2) is 43.8 Å². The standard InChI is InChI=1S/C15H24N2O5/c1-2-21-13(18)8-9-14(19)22-11-10-16-15(20)17-12-6-4-3-5-7-12/h8-9,12H,2-7,10-11H2,1H3,(H2,16,17,20)/b9-8+. The van der Waals surface area contributed by atoms with E-state index in [0.717, 1.165) is 37.8 Å². The van der Waals surface area contributed by atoms with Crippen LogP contribution >= 0.6 is 0 Å². The molecule has 0 aromatic carbocycles. The molecule has 0 saturated heterocycles. The van der Waals surface area contributed by atoms with E-state index in [1.165, 1.54) is 6.42 Å². The van der Waals surface area contributed by atoms with E-state index in [-0.39, 0.29) is 31.8 Å². The maximum absolute atomic E-state index is 11.6. The van der Waals surface area contributed by atoms with Crippen molar-refractivity contribution in [1.29, 1.82) is 0 Å². The van der Waals surface area contributed by atoms with E-state index in [9.17, 15) is 14.4 Å². The zero-order valence-corrected chi connectivity index (χ0v) is 12.9. The monoisotopic (exact) mass is 312 g/mol. The van der Waals surface area contributed by atoms with Crippen molar-refractivity contribution in [2.45, 2.75) is 45.1 Å². The maximum Gasteiger partial charge on any atom is 0.331 e. The van der Waals surface area contributed by atoms with Gasteiger partial charge in [0.15, 0.2) is 0 Å².